The van der Waals surface area contributed by atoms with Crippen LogP contribution in [0.1, 0.15) is 18.1 Å². The number of allylic oxidation sites excluding steroid dienone is 3. The lowest BCUT2D eigenvalue weighted by molar-refractivity contribution is 1.18. The van der Waals surface area contributed by atoms with Crippen molar-refractivity contribution in [3.05, 3.63) is 181 Å². The molecule has 2 N–H and O–H groups in total. The van der Waals surface area contributed by atoms with E-state index in [0.717, 1.165) is 22.5 Å². The van der Waals surface area contributed by atoms with Gasteiger partial charge in [-0.1, -0.05) is 115 Å². The second-order valence-electron chi connectivity index (χ2n) is 13.9. The molecule has 52 heavy (non-hydrogen) atoms. The summed E-state index contributed by atoms with van der Waals surface area (Å²) in [6.45, 7) is 2.05. The second kappa shape index (κ2) is 10.8. The van der Waals surface area contributed by atoms with Crippen molar-refractivity contribution in [3.8, 4) is 22.5 Å². The number of hydrogen-bond donors (Lipinski definition) is 1. The van der Waals surface area contributed by atoms with Crippen molar-refractivity contribution in [2.45, 2.75) is 6.92 Å². The van der Waals surface area contributed by atoms with E-state index in [4.69, 9.17) is 5.73 Å². The molecule has 0 atom stereocenters. The lowest BCUT2D eigenvalue weighted by atomic mass is 9.99. The third kappa shape index (κ3) is 3.91. The summed E-state index contributed by atoms with van der Waals surface area (Å²) < 4.78 is 4.84. The highest BCUT2D eigenvalue weighted by molar-refractivity contribution is 6.22. The first-order valence-corrected chi connectivity index (χ1v) is 17.9. The summed E-state index contributed by atoms with van der Waals surface area (Å²) in [6, 6.07) is 57.7. The molecule has 10 aromatic rings. The molecule has 1 aliphatic carbocycles. The Balaban J connectivity index is 1.14. The number of para-hydroxylation sites is 2. The number of hydrogen-bond acceptors (Lipinski definition) is 1. The first-order valence-electron chi connectivity index (χ1n) is 17.9. The van der Waals surface area contributed by atoms with Gasteiger partial charge in [0.05, 0.1) is 27.8 Å². The van der Waals surface area contributed by atoms with Crippen LogP contribution in [0.4, 0.5) is 0 Å². The van der Waals surface area contributed by atoms with Crippen molar-refractivity contribution in [2.75, 3.05) is 0 Å². The van der Waals surface area contributed by atoms with Gasteiger partial charge in [-0.05, 0) is 89.0 Å². The maximum atomic E-state index is 6.74. The van der Waals surface area contributed by atoms with Gasteiger partial charge >= 0.3 is 0 Å². The summed E-state index contributed by atoms with van der Waals surface area (Å²) in [4.78, 5) is 0. The molecule has 2 heterocycles. The maximum absolute atomic E-state index is 6.74. The van der Waals surface area contributed by atoms with Crippen molar-refractivity contribution < 1.29 is 0 Å². The van der Waals surface area contributed by atoms with Crippen LogP contribution in [-0.2, 0) is 0 Å². The average Bonchev–Trinajstić information content (AvgIpc) is 3.81. The Bertz CT molecular complexity index is 3190. The number of aromatic nitrogens is 2. The Labute approximate surface area is 300 Å². The van der Waals surface area contributed by atoms with Crippen LogP contribution in [0.3, 0.4) is 0 Å². The van der Waals surface area contributed by atoms with Gasteiger partial charge in [-0.25, -0.2) is 0 Å². The summed E-state index contributed by atoms with van der Waals surface area (Å²) in [6.07, 6.45) is 4.20. The molecular formula is C49H33N3. The van der Waals surface area contributed by atoms with E-state index in [1.165, 1.54) is 87.5 Å². The van der Waals surface area contributed by atoms with E-state index in [1.54, 1.807) is 0 Å². The Morgan fingerprint density at radius 2 is 1.13 bits per heavy atom. The van der Waals surface area contributed by atoms with Crippen LogP contribution in [-0.4, -0.2) is 9.13 Å². The van der Waals surface area contributed by atoms with Crippen molar-refractivity contribution >= 4 is 76.4 Å². The van der Waals surface area contributed by atoms with Crippen LogP contribution in [0.5, 0.6) is 0 Å². The lowest BCUT2D eigenvalue weighted by Gasteiger charge is -2.14. The fraction of sp³-hybridized carbons (Fsp3) is 0.0204. The zero-order chi connectivity index (χ0) is 34.5. The molecule has 0 aliphatic heterocycles. The zero-order valence-corrected chi connectivity index (χ0v) is 28.6. The molecule has 8 aromatic carbocycles. The normalized spacial score (nSPS) is 13.0. The van der Waals surface area contributed by atoms with Crippen molar-refractivity contribution in [1.82, 2.24) is 9.13 Å². The molecule has 0 bridgehead atoms. The largest absolute Gasteiger partial charge is 0.398 e. The van der Waals surface area contributed by atoms with Crippen LogP contribution < -0.4 is 5.73 Å². The number of nitrogens with two attached hydrogens (primary N) is 1. The summed E-state index contributed by atoms with van der Waals surface area (Å²) >= 11 is 0. The fourth-order valence-corrected chi connectivity index (χ4v) is 8.91. The molecule has 0 unspecified atom stereocenters. The third-order valence-corrected chi connectivity index (χ3v) is 11.1. The minimum Gasteiger partial charge on any atom is -0.398 e. The second-order valence-corrected chi connectivity index (χ2v) is 13.9. The Kier molecular flexibility index (Phi) is 6.03. The maximum Gasteiger partial charge on any atom is 0.0547 e. The van der Waals surface area contributed by atoms with Gasteiger partial charge in [0.1, 0.15) is 0 Å². The molecule has 2 aromatic heterocycles. The van der Waals surface area contributed by atoms with E-state index >= 15 is 0 Å². The number of fused-ring (bicyclic) bond motifs is 8. The minimum atomic E-state index is 0.847. The van der Waals surface area contributed by atoms with E-state index < -0.39 is 0 Å². The quantitative estimate of drug-likeness (QED) is 0.200. The zero-order valence-electron chi connectivity index (χ0n) is 28.6. The molecule has 0 saturated carbocycles. The summed E-state index contributed by atoms with van der Waals surface area (Å²) in [7, 11) is 0. The van der Waals surface area contributed by atoms with Gasteiger partial charge in [-0.2, -0.15) is 0 Å². The van der Waals surface area contributed by atoms with Gasteiger partial charge in [-0.15, -0.1) is 0 Å². The molecule has 0 spiro atoms. The van der Waals surface area contributed by atoms with Gasteiger partial charge in [-0.3, -0.25) is 0 Å². The standard InChI is InChI=1S/C49H33N3/c1-2-11-37-36-17-10-18-38-43(27-23-39(47(36)38)49(37)50)52-42-19-9-8-16-35(42)40-28-31(21-24-44(40)52)32-22-25-45-41(29-32)48-34-15-7-6-12-30(34)20-26-46(48)51(45)33-13-4-3-5-14-33/h2-29H,50H2,1H3/b11-2-. The first kappa shape index (κ1) is 28.9. The number of benzene rings is 8. The van der Waals surface area contributed by atoms with Gasteiger partial charge < -0.3 is 14.9 Å². The van der Waals surface area contributed by atoms with E-state index in [2.05, 4.69) is 179 Å². The highest BCUT2D eigenvalue weighted by atomic mass is 15.0. The van der Waals surface area contributed by atoms with Gasteiger partial charge in [0, 0.05) is 54.8 Å². The molecule has 0 saturated heterocycles. The molecule has 11 rings (SSSR count). The summed E-state index contributed by atoms with van der Waals surface area (Å²) in [5.41, 5.74) is 20.5. The smallest absolute Gasteiger partial charge is 0.0547 e. The molecule has 0 fully saturated rings. The van der Waals surface area contributed by atoms with Crippen LogP contribution in [0.15, 0.2) is 170 Å². The Morgan fingerprint density at radius 1 is 0.462 bits per heavy atom. The molecule has 244 valence electrons. The first-order chi connectivity index (χ1) is 25.7. The molecule has 1 aliphatic rings. The fourth-order valence-electron chi connectivity index (χ4n) is 8.91. The molecule has 3 nitrogen and oxygen atoms in total. The van der Waals surface area contributed by atoms with Gasteiger partial charge in [0.25, 0.3) is 0 Å². The topological polar surface area (TPSA) is 35.9 Å². The van der Waals surface area contributed by atoms with Crippen molar-refractivity contribution in [2.24, 2.45) is 5.73 Å². The van der Waals surface area contributed by atoms with Crippen LogP contribution in [0, 0.1) is 0 Å². The number of nitrogens with zero attached hydrogens (tertiary/aromatic N) is 2. The van der Waals surface area contributed by atoms with Crippen molar-refractivity contribution in [3.63, 3.8) is 0 Å². The molecule has 0 radical (unpaired) electrons. The summed E-state index contributed by atoms with van der Waals surface area (Å²) in [5.74, 6) is 0. The molecular weight excluding hydrogens is 631 g/mol. The lowest BCUT2D eigenvalue weighted by Crippen LogP contribution is -1.98. The number of rotatable bonds is 4. The van der Waals surface area contributed by atoms with Crippen LogP contribution in [0.2, 0.25) is 0 Å². The van der Waals surface area contributed by atoms with E-state index in [1.807, 2.05) is 6.92 Å². The monoisotopic (exact) mass is 663 g/mol. The minimum absolute atomic E-state index is 0.847. The van der Waals surface area contributed by atoms with E-state index in [9.17, 15) is 0 Å². The van der Waals surface area contributed by atoms with E-state index in [-0.39, 0.29) is 0 Å². The van der Waals surface area contributed by atoms with Gasteiger partial charge in [0.15, 0.2) is 0 Å². The molecule has 3 heteroatoms. The van der Waals surface area contributed by atoms with Crippen LogP contribution >= 0.6 is 0 Å². The Morgan fingerprint density at radius 3 is 1.96 bits per heavy atom. The predicted octanol–water partition coefficient (Wildman–Crippen LogP) is 12.6. The van der Waals surface area contributed by atoms with Gasteiger partial charge in [0.2, 0.25) is 0 Å². The molecule has 0 amide bonds. The van der Waals surface area contributed by atoms with Crippen LogP contribution in [0.25, 0.3) is 98.9 Å². The third-order valence-electron chi connectivity index (χ3n) is 11.1. The summed E-state index contributed by atoms with van der Waals surface area (Å²) in [5, 5.41) is 9.98. The van der Waals surface area contributed by atoms with Crippen molar-refractivity contribution in [1.29, 1.82) is 0 Å². The highest BCUT2D eigenvalue weighted by Gasteiger charge is 2.24. The Hall–Kier alpha value is -6.84. The highest BCUT2D eigenvalue weighted by Crippen LogP contribution is 2.45. The predicted molar refractivity (Wildman–Crippen MR) is 221 cm³/mol. The average molecular weight is 664 g/mol. The van der Waals surface area contributed by atoms with E-state index in [0.29, 0.717) is 0 Å². The SMILES string of the molecule is C/C=C\C1=C(N)c2ccc(-n3c4ccccc4c4cc(-c5ccc6c(c5)c5c7ccccc7ccc5n6-c5ccccc5)ccc43)c3cccc1c23.